The number of hydrogen-bond donors (Lipinski definition) is 1. The first-order chi connectivity index (χ1) is 17.0. The fourth-order valence-electron chi connectivity index (χ4n) is 3.72. The van der Waals surface area contributed by atoms with Gasteiger partial charge in [0.15, 0.2) is 0 Å². The second-order valence-corrected chi connectivity index (χ2v) is 8.37. The van der Waals surface area contributed by atoms with Crippen LogP contribution in [0.3, 0.4) is 0 Å². The number of furan rings is 1. The van der Waals surface area contributed by atoms with Crippen LogP contribution < -0.4 is 10.1 Å². The molecule has 7 nitrogen and oxygen atoms in total. The fourth-order valence-corrected chi connectivity index (χ4v) is 3.72. The van der Waals surface area contributed by atoms with Crippen molar-refractivity contribution in [3.8, 4) is 5.75 Å². The fraction of sp³-hybridized carbons (Fsp3) is 0.357. The largest absolute Gasteiger partial charge is 0.492 e. The molecular weight excluding hydrogens is 442 g/mol. The summed E-state index contributed by atoms with van der Waals surface area (Å²) in [7, 11) is 0. The van der Waals surface area contributed by atoms with Crippen LogP contribution in [0.1, 0.15) is 38.5 Å². The van der Waals surface area contributed by atoms with Crippen molar-refractivity contribution in [3.63, 3.8) is 0 Å². The Labute approximate surface area is 207 Å². The number of carbonyl (C=O) groups excluding carboxylic acids is 2. The molecule has 0 spiro atoms. The second-order valence-electron chi connectivity index (χ2n) is 8.37. The van der Waals surface area contributed by atoms with Gasteiger partial charge < -0.3 is 24.3 Å². The van der Waals surface area contributed by atoms with Crippen molar-refractivity contribution in [1.29, 1.82) is 0 Å². The first-order valence-corrected chi connectivity index (χ1v) is 12.1. The first kappa shape index (κ1) is 25.9. The van der Waals surface area contributed by atoms with Crippen molar-refractivity contribution < 1.29 is 18.7 Å². The predicted molar refractivity (Wildman–Crippen MR) is 137 cm³/mol. The Balaban J connectivity index is 1.74. The average molecular weight is 478 g/mol. The molecule has 0 aliphatic rings. The maximum Gasteiger partial charge on any atom is 0.322 e. The number of amides is 3. The number of benzene rings is 2. The molecule has 0 bridgehead atoms. The van der Waals surface area contributed by atoms with Gasteiger partial charge in [0.05, 0.1) is 25.1 Å². The Kier molecular flexibility index (Phi) is 9.78. The van der Waals surface area contributed by atoms with Gasteiger partial charge in [0.2, 0.25) is 5.91 Å². The summed E-state index contributed by atoms with van der Waals surface area (Å²) in [4.78, 5) is 30.1. The molecule has 7 heteroatoms. The van der Waals surface area contributed by atoms with Gasteiger partial charge in [-0.25, -0.2) is 4.79 Å². The van der Waals surface area contributed by atoms with E-state index in [1.54, 1.807) is 22.1 Å². The third-order valence-electron chi connectivity index (χ3n) is 5.91. The number of rotatable bonds is 12. The van der Waals surface area contributed by atoms with Gasteiger partial charge in [-0.1, -0.05) is 49.4 Å². The van der Waals surface area contributed by atoms with Gasteiger partial charge in [-0.2, -0.15) is 0 Å². The van der Waals surface area contributed by atoms with Crippen LogP contribution in [0.25, 0.3) is 0 Å². The minimum Gasteiger partial charge on any atom is -0.492 e. The molecule has 1 heterocycles. The van der Waals surface area contributed by atoms with E-state index in [9.17, 15) is 9.59 Å². The predicted octanol–water partition coefficient (Wildman–Crippen LogP) is 5.58. The Hall–Kier alpha value is -3.74. The van der Waals surface area contributed by atoms with Crippen LogP contribution in [0.4, 0.5) is 10.5 Å². The quantitative estimate of drug-likeness (QED) is 0.369. The van der Waals surface area contributed by atoms with Crippen molar-refractivity contribution in [1.82, 2.24) is 9.80 Å². The topological polar surface area (TPSA) is 75.0 Å². The Morgan fingerprint density at radius 3 is 2.43 bits per heavy atom. The molecule has 3 amide bonds. The van der Waals surface area contributed by atoms with E-state index in [2.05, 4.69) is 5.32 Å². The van der Waals surface area contributed by atoms with Crippen LogP contribution in [-0.2, 0) is 17.8 Å². The molecule has 2 aromatic carbocycles. The number of nitrogens with one attached hydrogen (secondary N) is 1. The Morgan fingerprint density at radius 1 is 1.00 bits per heavy atom. The zero-order valence-corrected chi connectivity index (χ0v) is 20.8. The lowest BCUT2D eigenvalue weighted by Crippen LogP contribution is -2.48. The van der Waals surface area contributed by atoms with E-state index in [4.69, 9.17) is 9.15 Å². The highest BCUT2D eigenvalue weighted by Crippen LogP contribution is 2.24. The van der Waals surface area contributed by atoms with Crippen LogP contribution >= 0.6 is 0 Å². The third-order valence-corrected chi connectivity index (χ3v) is 5.91. The van der Waals surface area contributed by atoms with Gasteiger partial charge in [0.1, 0.15) is 18.1 Å². The molecule has 1 N–H and O–H groups in total. The van der Waals surface area contributed by atoms with Gasteiger partial charge in [0, 0.05) is 12.6 Å². The SMILES string of the molecule is CCOc1ccccc1NC(=O)N(CC(=O)N(CCc1ccccc1)Cc1ccco1)[C@H](C)CC. The summed E-state index contributed by atoms with van der Waals surface area (Å²) in [6, 6.07) is 20.5. The van der Waals surface area contributed by atoms with Crippen LogP contribution in [0.2, 0.25) is 0 Å². The van der Waals surface area contributed by atoms with Crippen molar-refractivity contribution in [2.75, 3.05) is 25.0 Å². The smallest absolute Gasteiger partial charge is 0.322 e. The minimum atomic E-state index is -0.333. The Morgan fingerprint density at radius 2 is 1.74 bits per heavy atom. The standard InChI is InChI=1S/C28H35N3O4/c1-4-22(3)31(28(33)29-25-15-9-10-16-26(25)34-5-2)21-27(32)30(20-24-14-11-19-35-24)18-17-23-12-7-6-8-13-23/h6-16,19,22H,4-5,17-18,20-21H2,1-3H3,(H,29,33)/t22-/m1/s1. The lowest BCUT2D eigenvalue weighted by molar-refractivity contribution is -0.133. The lowest BCUT2D eigenvalue weighted by atomic mass is 10.1. The summed E-state index contributed by atoms with van der Waals surface area (Å²) >= 11 is 0. The molecule has 0 unspecified atom stereocenters. The highest BCUT2D eigenvalue weighted by atomic mass is 16.5. The summed E-state index contributed by atoms with van der Waals surface area (Å²) in [6.07, 6.45) is 3.03. The highest BCUT2D eigenvalue weighted by Gasteiger charge is 2.26. The van der Waals surface area contributed by atoms with Gasteiger partial charge in [0.25, 0.3) is 0 Å². The first-order valence-electron chi connectivity index (χ1n) is 12.1. The maximum absolute atomic E-state index is 13.5. The molecule has 0 saturated heterocycles. The van der Waals surface area contributed by atoms with E-state index in [0.29, 0.717) is 43.3 Å². The zero-order chi connectivity index (χ0) is 25.0. The molecule has 186 valence electrons. The molecule has 3 rings (SSSR count). The molecule has 0 fully saturated rings. The molecule has 0 aliphatic carbocycles. The number of para-hydroxylation sites is 2. The highest BCUT2D eigenvalue weighted by molar-refractivity contribution is 5.93. The average Bonchev–Trinajstić information content (AvgIpc) is 3.39. The van der Waals surface area contributed by atoms with Crippen molar-refractivity contribution in [2.45, 2.75) is 46.2 Å². The zero-order valence-electron chi connectivity index (χ0n) is 20.8. The monoisotopic (exact) mass is 477 g/mol. The molecule has 1 atom stereocenters. The van der Waals surface area contributed by atoms with Crippen LogP contribution in [-0.4, -0.2) is 47.5 Å². The van der Waals surface area contributed by atoms with E-state index in [0.717, 1.165) is 12.0 Å². The number of carbonyl (C=O) groups is 2. The molecular formula is C28H35N3O4. The summed E-state index contributed by atoms with van der Waals surface area (Å²) in [5.41, 5.74) is 1.73. The van der Waals surface area contributed by atoms with Crippen LogP contribution in [0.5, 0.6) is 5.75 Å². The normalized spacial score (nSPS) is 11.5. The molecule has 0 aliphatic heterocycles. The molecule has 1 aromatic heterocycles. The van der Waals surface area contributed by atoms with Crippen LogP contribution in [0, 0.1) is 0 Å². The van der Waals surface area contributed by atoms with E-state index >= 15 is 0 Å². The lowest BCUT2D eigenvalue weighted by Gasteiger charge is -2.31. The van der Waals surface area contributed by atoms with Gasteiger partial charge in [-0.15, -0.1) is 0 Å². The summed E-state index contributed by atoms with van der Waals surface area (Å²) in [5, 5.41) is 2.93. The Bertz CT molecular complexity index is 1050. The molecule has 0 saturated carbocycles. The number of nitrogens with zero attached hydrogens (tertiary/aromatic N) is 2. The molecule has 35 heavy (non-hydrogen) atoms. The second kappa shape index (κ2) is 13.2. The van der Waals surface area contributed by atoms with E-state index in [-0.39, 0.29) is 24.5 Å². The maximum atomic E-state index is 13.5. The summed E-state index contributed by atoms with van der Waals surface area (Å²) < 4.78 is 11.1. The number of anilines is 1. The van der Waals surface area contributed by atoms with Gasteiger partial charge >= 0.3 is 6.03 Å². The number of urea groups is 1. The van der Waals surface area contributed by atoms with Gasteiger partial charge in [-0.05, 0) is 56.5 Å². The van der Waals surface area contributed by atoms with E-state index in [1.807, 2.05) is 81.4 Å². The van der Waals surface area contributed by atoms with Crippen molar-refractivity contribution in [3.05, 3.63) is 84.3 Å². The summed E-state index contributed by atoms with van der Waals surface area (Å²) in [5.74, 6) is 1.17. The molecule has 3 aromatic rings. The van der Waals surface area contributed by atoms with E-state index in [1.165, 1.54) is 0 Å². The van der Waals surface area contributed by atoms with E-state index < -0.39 is 0 Å². The van der Waals surface area contributed by atoms with Crippen LogP contribution in [0.15, 0.2) is 77.4 Å². The third kappa shape index (κ3) is 7.64. The van der Waals surface area contributed by atoms with Gasteiger partial charge in [-0.3, -0.25) is 4.79 Å². The van der Waals surface area contributed by atoms with Crippen molar-refractivity contribution >= 4 is 17.6 Å². The van der Waals surface area contributed by atoms with Crippen molar-refractivity contribution in [2.24, 2.45) is 0 Å². The molecule has 0 radical (unpaired) electrons. The number of hydrogen-bond acceptors (Lipinski definition) is 4. The number of ether oxygens (including phenoxy) is 1. The minimum absolute atomic E-state index is 0.0346. The summed E-state index contributed by atoms with van der Waals surface area (Å²) in [6.45, 7) is 7.17.